The Morgan fingerprint density at radius 3 is 2.85 bits per heavy atom. The Morgan fingerprint density at radius 1 is 1.20 bits per heavy atom. The molecule has 3 rings (SSSR count). The molecule has 2 fully saturated rings. The molecule has 2 unspecified atom stereocenters. The van der Waals surface area contributed by atoms with E-state index in [1.807, 2.05) is 12.1 Å². The summed E-state index contributed by atoms with van der Waals surface area (Å²) in [4.78, 5) is 6.72. The zero-order valence-electron chi connectivity index (χ0n) is 11.6. The summed E-state index contributed by atoms with van der Waals surface area (Å²) >= 11 is 12.1. The van der Waals surface area contributed by atoms with Crippen LogP contribution in [0.2, 0.25) is 10.3 Å². The summed E-state index contributed by atoms with van der Waals surface area (Å²) in [5.74, 6) is 0. The van der Waals surface area contributed by atoms with Crippen molar-refractivity contribution < 1.29 is 0 Å². The molecule has 1 N–H and O–H groups in total. The minimum atomic E-state index is 0.464. The quantitative estimate of drug-likeness (QED) is 0.866. The number of pyridine rings is 1. The predicted octanol–water partition coefficient (Wildman–Crippen LogP) is 3.49. The van der Waals surface area contributed by atoms with Gasteiger partial charge in [0, 0.05) is 24.2 Å². The summed E-state index contributed by atoms with van der Waals surface area (Å²) in [5.41, 5.74) is 1.08. The topological polar surface area (TPSA) is 28.2 Å². The lowest BCUT2D eigenvalue weighted by molar-refractivity contribution is 0.112. The van der Waals surface area contributed by atoms with Gasteiger partial charge in [0.1, 0.15) is 10.3 Å². The van der Waals surface area contributed by atoms with Crippen molar-refractivity contribution in [3.05, 3.63) is 28.0 Å². The third-order valence-corrected chi connectivity index (χ3v) is 5.03. The summed E-state index contributed by atoms with van der Waals surface area (Å²) in [5, 5.41) is 4.66. The first-order valence-corrected chi connectivity index (χ1v) is 8.28. The van der Waals surface area contributed by atoms with Crippen molar-refractivity contribution in [2.75, 3.05) is 13.1 Å². The van der Waals surface area contributed by atoms with Crippen LogP contribution in [0.1, 0.15) is 37.7 Å². The molecule has 110 valence electrons. The zero-order chi connectivity index (χ0) is 13.9. The average molecular weight is 314 g/mol. The smallest absolute Gasteiger partial charge is 0.135 e. The largest absolute Gasteiger partial charge is 0.312 e. The van der Waals surface area contributed by atoms with Gasteiger partial charge >= 0.3 is 0 Å². The number of hydrogen-bond acceptors (Lipinski definition) is 3. The van der Waals surface area contributed by atoms with Gasteiger partial charge < -0.3 is 5.32 Å². The number of halogens is 2. The first-order chi connectivity index (χ1) is 9.74. The molecule has 2 atom stereocenters. The molecular weight excluding hydrogens is 293 g/mol. The number of aromatic nitrogens is 1. The number of nitrogens with zero attached hydrogens (tertiary/aromatic N) is 2. The van der Waals surface area contributed by atoms with Crippen LogP contribution in [0.5, 0.6) is 0 Å². The fraction of sp³-hybridized carbons (Fsp3) is 0.667. The van der Waals surface area contributed by atoms with Crippen LogP contribution in [-0.4, -0.2) is 35.1 Å². The molecule has 0 amide bonds. The number of hydrogen-bond donors (Lipinski definition) is 1. The summed E-state index contributed by atoms with van der Waals surface area (Å²) in [6.07, 6.45) is 6.51. The lowest BCUT2D eigenvalue weighted by atomic mass is 9.94. The number of nitrogens with one attached hydrogen (secondary N) is 1. The predicted molar refractivity (Wildman–Crippen MR) is 83.3 cm³/mol. The highest BCUT2D eigenvalue weighted by Gasteiger charge is 2.31. The first kappa shape index (κ1) is 14.6. The highest BCUT2D eigenvalue weighted by atomic mass is 35.5. The van der Waals surface area contributed by atoms with Crippen LogP contribution in [0.4, 0.5) is 0 Å². The van der Waals surface area contributed by atoms with E-state index in [0.29, 0.717) is 22.4 Å². The Bertz CT molecular complexity index is 460. The first-order valence-electron chi connectivity index (χ1n) is 7.52. The monoisotopic (exact) mass is 313 g/mol. The van der Waals surface area contributed by atoms with Gasteiger partial charge in [-0.2, -0.15) is 0 Å². The molecule has 1 aromatic heterocycles. The summed E-state index contributed by atoms with van der Waals surface area (Å²) < 4.78 is 0. The van der Waals surface area contributed by atoms with E-state index in [1.165, 1.54) is 32.1 Å². The standard InChI is InChI=1S/C15H21Cl2N3/c16-14-7-6-11(15(17)19-14)10-20-9-2-1-5-13(20)12-4-3-8-18-12/h6-7,12-13,18H,1-5,8-10H2. The second-order valence-corrected chi connectivity index (χ2v) is 6.57. The van der Waals surface area contributed by atoms with Crippen LogP contribution in [0.15, 0.2) is 12.1 Å². The van der Waals surface area contributed by atoms with E-state index < -0.39 is 0 Å². The van der Waals surface area contributed by atoms with Crippen LogP contribution < -0.4 is 5.32 Å². The van der Waals surface area contributed by atoms with Crippen molar-refractivity contribution in [2.45, 2.75) is 50.7 Å². The highest BCUT2D eigenvalue weighted by Crippen LogP contribution is 2.27. The van der Waals surface area contributed by atoms with Gasteiger partial charge in [-0.3, -0.25) is 4.90 Å². The third-order valence-electron chi connectivity index (χ3n) is 4.49. The molecule has 0 aliphatic carbocycles. The summed E-state index contributed by atoms with van der Waals surface area (Å²) in [6.45, 7) is 3.20. The van der Waals surface area contributed by atoms with Crippen molar-refractivity contribution in [1.29, 1.82) is 0 Å². The van der Waals surface area contributed by atoms with Crippen molar-refractivity contribution in [2.24, 2.45) is 0 Å². The SMILES string of the molecule is Clc1ccc(CN2CCCCC2C2CCCN2)c(Cl)n1. The molecule has 0 radical (unpaired) electrons. The average Bonchev–Trinajstić information content (AvgIpc) is 2.96. The van der Waals surface area contributed by atoms with Gasteiger partial charge in [-0.25, -0.2) is 4.98 Å². The van der Waals surface area contributed by atoms with Crippen molar-refractivity contribution in [1.82, 2.24) is 15.2 Å². The van der Waals surface area contributed by atoms with Crippen molar-refractivity contribution in [3.63, 3.8) is 0 Å². The Labute approximate surface area is 130 Å². The van der Waals surface area contributed by atoms with E-state index in [1.54, 1.807) is 0 Å². The summed E-state index contributed by atoms with van der Waals surface area (Å²) in [6, 6.07) is 5.12. The van der Waals surface area contributed by atoms with E-state index in [-0.39, 0.29) is 0 Å². The second kappa shape index (κ2) is 6.61. The maximum Gasteiger partial charge on any atom is 0.135 e. The van der Waals surface area contributed by atoms with E-state index in [4.69, 9.17) is 23.2 Å². The van der Waals surface area contributed by atoms with Crippen LogP contribution in [0, 0.1) is 0 Å². The zero-order valence-corrected chi connectivity index (χ0v) is 13.1. The third kappa shape index (κ3) is 3.28. The molecule has 2 saturated heterocycles. The number of likely N-dealkylation sites (tertiary alicyclic amines) is 1. The van der Waals surface area contributed by atoms with Gasteiger partial charge in [-0.1, -0.05) is 35.7 Å². The molecule has 2 aliphatic rings. The van der Waals surface area contributed by atoms with Gasteiger partial charge in [0.15, 0.2) is 0 Å². The Hall–Kier alpha value is -0.350. The molecule has 5 heteroatoms. The van der Waals surface area contributed by atoms with Crippen molar-refractivity contribution >= 4 is 23.2 Å². The molecule has 0 spiro atoms. The Morgan fingerprint density at radius 2 is 2.10 bits per heavy atom. The van der Waals surface area contributed by atoms with Gasteiger partial charge in [0.2, 0.25) is 0 Å². The fourth-order valence-electron chi connectivity index (χ4n) is 3.49. The van der Waals surface area contributed by atoms with E-state index >= 15 is 0 Å². The molecule has 1 aromatic rings. The van der Waals surface area contributed by atoms with Crippen LogP contribution in [-0.2, 0) is 6.54 Å². The minimum absolute atomic E-state index is 0.464. The number of piperidine rings is 1. The lowest BCUT2D eigenvalue weighted by Gasteiger charge is -2.39. The molecule has 3 heterocycles. The van der Waals surface area contributed by atoms with Gasteiger partial charge in [0.25, 0.3) is 0 Å². The Balaban J connectivity index is 1.72. The molecule has 0 bridgehead atoms. The molecule has 0 saturated carbocycles. The molecule has 20 heavy (non-hydrogen) atoms. The summed E-state index contributed by atoms with van der Waals surface area (Å²) in [7, 11) is 0. The molecule has 3 nitrogen and oxygen atoms in total. The normalized spacial score (nSPS) is 27.9. The van der Waals surface area contributed by atoms with Crippen molar-refractivity contribution in [3.8, 4) is 0 Å². The van der Waals surface area contributed by atoms with E-state index in [2.05, 4.69) is 15.2 Å². The lowest BCUT2D eigenvalue weighted by Crippen LogP contribution is -2.49. The van der Waals surface area contributed by atoms with Gasteiger partial charge in [0.05, 0.1) is 0 Å². The Kier molecular flexibility index (Phi) is 4.82. The van der Waals surface area contributed by atoms with Crippen LogP contribution >= 0.6 is 23.2 Å². The second-order valence-electron chi connectivity index (χ2n) is 5.82. The maximum absolute atomic E-state index is 6.22. The van der Waals surface area contributed by atoms with E-state index in [0.717, 1.165) is 25.2 Å². The fourth-order valence-corrected chi connectivity index (χ4v) is 3.89. The van der Waals surface area contributed by atoms with Crippen LogP contribution in [0.3, 0.4) is 0 Å². The maximum atomic E-state index is 6.22. The highest BCUT2D eigenvalue weighted by molar-refractivity contribution is 6.32. The van der Waals surface area contributed by atoms with Gasteiger partial charge in [-0.05, 0) is 44.8 Å². The van der Waals surface area contributed by atoms with Crippen LogP contribution in [0.25, 0.3) is 0 Å². The van der Waals surface area contributed by atoms with E-state index in [9.17, 15) is 0 Å². The molecular formula is C15H21Cl2N3. The molecule has 2 aliphatic heterocycles. The number of rotatable bonds is 3. The van der Waals surface area contributed by atoms with Gasteiger partial charge in [-0.15, -0.1) is 0 Å². The minimum Gasteiger partial charge on any atom is -0.312 e. The molecule has 0 aromatic carbocycles.